The summed E-state index contributed by atoms with van der Waals surface area (Å²) in [6, 6.07) is 8.50. The highest BCUT2D eigenvalue weighted by molar-refractivity contribution is 5.97. The van der Waals surface area contributed by atoms with Gasteiger partial charge in [-0.05, 0) is 23.8 Å². The van der Waals surface area contributed by atoms with Gasteiger partial charge in [-0.2, -0.15) is 0 Å². The van der Waals surface area contributed by atoms with Crippen molar-refractivity contribution in [2.45, 2.75) is 0 Å². The summed E-state index contributed by atoms with van der Waals surface area (Å²) in [4.78, 5) is 25.9. The van der Waals surface area contributed by atoms with E-state index in [9.17, 15) is 14.0 Å². The van der Waals surface area contributed by atoms with Crippen molar-refractivity contribution in [3.05, 3.63) is 53.4 Å². The third-order valence-corrected chi connectivity index (χ3v) is 5.63. The summed E-state index contributed by atoms with van der Waals surface area (Å²) in [5.41, 5.74) is 2.60. The molecule has 2 aromatic carbocycles. The first-order valence-electron chi connectivity index (χ1n) is 10.3. The summed E-state index contributed by atoms with van der Waals surface area (Å²) >= 11 is 0. The van der Waals surface area contributed by atoms with E-state index in [1.165, 1.54) is 6.07 Å². The highest BCUT2D eigenvalue weighted by atomic mass is 19.1. The number of carbonyl (C=O) groups excluding carboxylic acids is 2. The van der Waals surface area contributed by atoms with Gasteiger partial charge in [-0.1, -0.05) is 12.2 Å². The van der Waals surface area contributed by atoms with Gasteiger partial charge in [0.15, 0.2) is 5.78 Å². The predicted octanol–water partition coefficient (Wildman–Crippen LogP) is 2.79. The smallest absolute Gasteiger partial charge is 0.256 e. The number of likely N-dealkylation sites (tertiary alicyclic amines) is 1. The second-order valence-corrected chi connectivity index (χ2v) is 7.93. The normalized spacial score (nSPS) is 17.3. The molecular weight excluding hydrogens is 401 g/mol. The lowest BCUT2D eigenvalue weighted by Crippen LogP contribution is -2.52. The van der Waals surface area contributed by atoms with E-state index in [1.54, 1.807) is 4.90 Å². The van der Waals surface area contributed by atoms with Gasteiger partial charge in [-0.25, -0.2) is 4.39 Å². The summed E-state index contributed by atoms with van der Waals surface area (Å²) in [6.45, 7) is 2.27. The Bertz CT molecular complexity index is 1080. The number of fused-ring (bicyclic) bond motifs is 2. The Balaban J connectivity index is 1.18. The molecule has 1 fully saturated rings. The van der Waals surface area contributed by atoms with Crippen LogP contribution in [0.5, 0.6) is 11.5 Å². The van der Waals surface area contributed by atoms with Crippen LogP contribution in [-0.4, -0.2) is 56.0 Å². The van der Waals surface area contributed by atoms with Crippen molar-refractivity contribution in [3.63, 3.8) is 0 Å². The number of hydrogen-bond acceptors (Lipinski definition) is 6. The third kappa shape index (κ3) is 3.93. The van der Waals surface area contributed by atoms with Crippen molar-refractivity contribution in [2.75, 3.05) is 50.0 Å². The standard InChI is InChI=1S/C23H22FN3O4/c24-19-8-22-21(26-9-16(28)13-31-22)7-18(19)23(29)27-10-14(11-27)12-30-17-4-3-15-2-1-5-25-20(15)6-17/h1-4,6-8,14,25-26H,5,9-13H2. The number of anilines is 2. The molecule has 0 spiro atoms. The van der Waals surface area contributed by atoms with Gasteiger partial charge in [0.05, 0.1) is 24.4 Å². The van der Waals surface area contributed by atoms with Crippen molar-refractivity contribution < 1.29 is 23.5 Å². The van der Waals surface area contributed by atoms with Crippen molar-refractivity contribution in [1.82, 2.24) is 4.90 Å². The van der Waals surface area contributed by atoms with E-state index in [0.717, 1.165) is 29.6 Å². The zero-order valence-corrected chi connectivity index (χ0v) is 16.8. The molecule has 5 rings (SSSR count). The minimum atomic E-state index is -0.657. The van der Waals surface area contributed by atoms with Gasteiger partial charge in [0, 0.05) is 43.4 Å². The van der Waals surface area contributed by atoms with Crippen LogP contribution in [0.15, 0.2) is 36.4 Å². The van der Waals surface area contributed by atoms with Gasteiger partial charge in [-0.3, -0.25) is 9.59 Å². The molecule has 1 saturated heterocycles. The number of nitrogens with zero attached hydrogens (tertiary/aromatic N) is 1. The van der Waals surface area contributed by atoms with Gasteiger partial charge < -0.3 is 25.0 Å². The topological polar surface area (TPSA) is 79.9 Å². The Hall–Kier alpha value is -3.55. The zero-order valence-electron chi connectivity index (χ0n) is 16.8. The van der Waals surface area contributed by atoms with Gasteiger partial charge in [0.25, 0.3) is 5.91 Å². The third-order valence-electron chi connectivity index (χ3n) is 5.63. The second kappa shape index (κ2) is 7.94. The Labute approximate surface area is 178 Å². The molecule has 0 bridgehead atoms. The lowest BCUT2D eigenvalue weighted by atomic mass is 9.99. The molecule has 1 amide bonds. The van der Waals surface area contributed by atoms with Crippen LogP contribution in [-0.2, 0) is 4.79 Å². The summed E-state index contributed by atoms with van der Waals surface area (Å²) in [7, 11) is 0. The predicted molar refractivity (Wildman–Crippen MR) is 114 cm³/mol. The Morgan fingerprint density at radius 1 is 1.19 bits per heavy atom. The maximum absolute atomic E-state index is 14.5. The monoisotopic (exact) mass is 423 g/mol. The van der Waals surface area contributed by atoms with Gasteiger partial charge in [-0.15, -0.1) is 0 Å². The molecular formula is C23H22FN3O4. The largest absolute Gasteiger partial charge is 0.493 e. The molecule has 3 aliphatic heterocycles. The number of hydrogen-bond donors (Lipinski definition) is 2. The molecule has 0 atom stereocenters. The highest BCUT2D eigenvalue weighted by Crippen LogP contribution is 2.32. The molecule has 0 saturated carbocycles. The van der Waals surface area contributed by atoms with Gasteiger partial charge >= 0.3 is 0 Å². The highest BCUT2D eigenvalue weighted by Gasteiger charge is 2.33. The number of halogens is 1. The molecule has 3 heterocycles. The Morgan fingerprint density at radius 3 is 2.94 bits per heavy atom. The van der Waals surface area contributed by atoms with Crippen molar-refractivity contribution in [3.8, 4) is 11.5 Å². The average molecular weight is 423 g/mol. The summed E-state index contributed by atoms with van der Waals surface area (Å²) in [5, 5.41) is 6.20. The van der Waals surface area contributed by atoms with Gasteiger partial charge in [0.2, 0.25) is 0 Å². The molecule has 0 unspecified atom stereocenters. The van der Waals surface area contributed by atoms with Crippen LogP contribution in [0.25, 0.3) is 6.08 Å². The second-order valence-electron chi connectivity index (χ2n) is 7.93. The zero-order chi connectivity index (χ0) is 21.4. The quantitative estimate of drug-likeness (QED) is 0.787. The molecule has 31 heavy (non-hydrogen) atoms. The van der Waals surface area contributed by atoms with Crippen LogP contribution < -0.4 is 20.1 Å². The molecule has 0 radical (unpaired) electrons. The fraction of sp³-hybridized carbons (Fsp3) is 0.304. The molecule has 7 nitrogen and oxygen atoms in total. The van der Waals surface area contributed by atoms with Crippen LogP contribution in [0, 0.1) is 11.7 Å². The average Bonchev–Trinajstić information content (AvgIpc) is 2.93. The number of rotatable bonds is 4. The van der Waals surface area contributed by atoms with Crippen LogP contribution in [0.2, 0.25) is 0 Å². The maximum Gasteiger partial charge on any atom is 0.256 e. The number of ketones is 1. The first-order valence-corrected chi connectivity index (χ1v) is 10.3. The summed E-state index contributed by atoms with van der Waals surface area (Å²) in [6.07, 6.45) is 4.14. The first kappa shape index (κ1) is 19.4. The number of Topliss-reactive ketones (excluding diaryl/α,β-unsaturated/α-hetero) is 1. The van der Waals surface area contributed by atoms with Crippen LogP contribution in [0.3, 0.4) is 0 Å². The van der Waals surface area contributed by atoms with Crippen molar-refractivity contribution in [1.29, 1.82) is 0 Å². The van der Waals surface area contributed by atoms with E-state index in [1.807, 2.05) is 18.2 Å². The van der Waals surface area contributed by atoms with Crippen LogP contribution in [0.1, 0.15) is 15.9 Å². The van der Waals surface area contributed by atoms with E-state index in [-0.39, 0.29) is 42.1 Å². The van der Waals surface area contributed by atoms with Crippen LogP contribution in [0.4, 0.5) is 15.8 Å². The van der Waals surface area contributed by atoms with E-state index in [4.69, 9.17) is 9.47 Å². The maximum atomic E-state index is 14.5. The molecule has 2 N–H and O–H groups in total. The number of nitrogens with one attached hydrogen (secondary N) is 2. The molecule has 3 aliphatic rings. The number of amides is 1. The van der Waals surface area contributed by atoms with E-state index in [2.05, 4.69) is 22.8 Å². The number of benzene rings is 2. The van der Waals surface area contributed by atoms with E-state index in [0.29, 0.717) is 25.4 Å². The molecule has 0 aliphatic carbocycles. The molecule has 160 valence electrons. The SMILES string of the molecule is O=C1CNc2cc(C(=O)N3CC(COc4ccc5c(c4)NCC=C5)C3)c(F)cc2OC1. The fourth-order valence-electron chi connectivity index (χ4n) is 3.88. The van der Waals surface area contributed by atoms with Crippen molar-refractivity contribution in [2.24, 2.45) is 5.92 Å². The molecule has 0 aromatic heterocycles. The Kier molecular flexibility index (Phi) is 4.97. The minimum Gasteiger partial charge on any atom is -0.493 e. The first-order chi connectivity index (χ1) is 15.1. The minimum absolute atomic E-state index is 0.0302. The van der Waals surface area contributed by atoms with Crippen LogP contribution >= 0.6 is 0 Å². The van der Waals surface area contributed by atoms with E-state index < -0.39 is 5.82 Å². The molecule has 8 heteroatoms. The number of carbonyl (C=O) groups is 2. The summed E-state index contributed by atoms with van der Waals surface area (Å²) < 4.78 is 25.7. The van der Waals surface area contributed by atoms with E-state index >= 15 is 0 Å². The summed E-state index contributed by atoms with van der Waals surface area (Å²) in [5.74, 6) is 0.0412. The van der Waals surface area contributed by atoms with Crippen molar-refractivity contribution >= 4 is 29.1 Å². The lowest BCUT2D eigenvalue weighted by Gasteiger charge is -2.39. The molecule has 2 aromatic rings. The number of ether oxygens (including phenoxy) is 2. The lowest BCUT2D eigenvalue weighted by molar-refractivity contribution is -0.119. The van der Waals surface area contributed by atoms with Gasteiger partial charge in [0.1, 0.15) is 23.9 Å². The Morgan fingerprint density at radius 2 is 2.06 bits per heavy atom. The fourth-order valence-corrected chi connectivity index (χ4v) is 3.88.